The second kappa shape index (κ2) is 9.19. The average molecular weight is 366 g/mol. The van der Waals surface area contributed by atoms with Gasteiger partial charge in [-0.1, -0.05) is 36.4 Å². The smallest absolute Gasteiger partial charge is 0.319 e. The molecule has 0 aromatic heterocycles. The number of likely N-dealkylation sites (tertiary alicyclic amines) is 1. The molecule has 0 saturated carbocycles. The highest BCUT2D eigenvalue weighted by Gasteiger charge is 2.20. The fourth-order valence-corrected chi connectivity index (χ4v) is 3.51. The lowest BCUT2D eigenvalue weighted by Gasteiger charge is -2.33. The Labute approximate surface area is 159 Å². The fraction of sp³-hybridized carbons (Fsp3) is 0.333. The summed E-state index contributed by atoms with van der Waals surface area (Å²) < 4.78 is 0. The minimum absolute atomic E-state index is 0.284. The van der Waals surface area contributed by atoms with Crippen molar-refractivity contribution in [1.82, 2.24) is 10.2 Å². The van der Waals surface area contributed by atoms with E-state index in [1.807, 2.05) is 6.07 Å². The van der Waals surface area contributed by atoms with Crippen LogP contribution >= 0.6 is 0 Å². The number of nitrogens with zero attached hydrogens (tertiary/aromatic N) is 1. The first-order valence-electron chi connectivity index (χ1n) is 9.34. The standard InChI is InChI=1S/C21H26N4O2/c22-20(26)17-8-4-10-19(14-17)24-21(27)23-11-13-25-12-5-9-18(15-25)16-6-2-1-3-7-16/h1-4,6-8,10,14,18H,5,9,11-13,15H2,(H2,22,26)(H2,23,24,27)/t18-/m0/s1. The number of piperidine rings is 1. The molecule has 6 nitrogen and oxygen atoms in total. The summed E-state index contributed by atoms with van der Waals surface area (Å²) in [4.78, 5) is 25.7. The Morgan fingerprint density at radius 2 is 1.93 bits per heavy atom. The molecular formula is C21H26N4O2. The van der Waals surface area contributed by atoms with Gasteiger partial charge in [-0.05, 0) is 49.1 Å². The Morgan fingerprint density at radius 3 is 2.70 bits per heavy atom. The van der Waals surface area contributed by atoms with Gasteiger partial charge >= 0.3 is 6.03 Å². The molecule has 1 aliphatic heterocycles. The van der Waals surface area contributed by atoms with Gasteiger partial charge in [0.1, 0.15) is 0 Å². The Hall–Kier alpha value is -2.86. The van der Waals surface area contributed by atoms with Crippen LogP contribution in [0.25, 0.3) is 0 Å². The third-order valence-electron chi connectivity index (χ3n) is 4.90. The SMILES string of the molecule is NC(=O)c1cccc(NC(=O)NCCN2CCC[C@H](c3ccccc3)C2)c1. The molecule has 3 amide bonds. The van der Waals surface area contributed by atoms with Gasteiger partial charge in [0.25, 0.3) is 0 Å². The number of rotatable bonds is 6. The number of hydrogen-bond acceptors (Lipinski definition) is 3. The van der Waals surface area contributed by atoms with Gasteiger partial charge in [-0.2, -0.15) is 0 Å². The minimum atomic E-state index is -0.517. The van der Waals surface area contributed by atoms with Gasteiger partial charge in [0.2, 0.25) is 5.91 Å². The summed E-state index contributed by atoms with van der Waals surface area (Å²) in [6, 6.07) is 16.9. The van der Waals surface area contributed by atoms with Crippen LogP contribution in [-0.4, -0.2) is 43.0 Å². The topological polar surface area (TPSA) is 87.5 Å². The zero-order chi connectivity index (χ0) is 19.1. The van der Waals surface area contributed by atoms with E-state index in [9.17, 15) is 9.59 Å². The van der Waals surface area contributed by atoms with E-state index in [0.717, 1.165) is 19.6 Å². The minimum Gasteiger partial charge on any atom is -0.366 e. The average Bonchev–Trinajstić information content (AvgIpc) is 2.69. The molecule has 0 spiro atoms. The molecule has 4 N–H and O–H groups in total. The van der Waals surface area contributed by atoms with Crippen LogP contribution in [0, 0.1) is 0 Å². The monoisotopic (exact) mass is 366 g/mol. The number of anilines is 1. The fourth-order valence-electron chi connectivity index (χ4n) is 3.51. The summed E-state index contributed by atoms with van der Waals surface area (Å²) in [6.07, 6.45) is 2.39. The quantitative estimate of drug-likeness (QED) is 0.735. The lowest BCUT2D eigenvalue weighted by molar-refractivity contribution is 0.1000. The predicted octanol–water partition coefficient (Wildman–Crippen LogP) is 2.79. The summed E-state index contributed by atoms with van der Waals surface area (Å²) in [7, 11) is 0. The van der Waals surface area contributed by atoms with Gasteiger partial charge in [-0.25, -0.2) is 4.79 Å². The second-order valence-corrected chi connectivity index (χ2v) is 6.88. The lowest BCUT2D eigenvalue weighted by atomic mass is 9.91. The first-order chi connectivity index (χ1) is 13.1. The number of hydrogen-bond donors (Lipinski definition) is 3. The molecule has 0 radical (unpaired) electrons. The number of benzene rings is 2. The Morgan fingerprint density at radius 1 is 1.11 bits per heavy atom. The molecule has 3 rings (SSSR count). The number of nitrogens with two attached hydrogens (primary N) is 1. The maximum Gasteiger partial charge on any atom is 0.319 e. The molecule has 0 aliphatic carbocycles. The zero-order valence-corrected chi connectivity index (χ0v) is 15.4. The molecule has 2 aromatic carbocycles. The largest absolute Gasteiger partial charge is 0.366 e. The third kappa shape index (κ3) is 5.56. The molecule has 1 fully saturated rings. The summed E-state index contributed by atoms with van der Waals surface area (Å²) >= 11 is 0. The van der Waals surface area contributed by atoms with Crippen molar-refractivity contribution in [3.63, 3.8) is 0 Å². The summed E-state index contributed by atoms with van der Waals surface area (Å²) in [6.45, 7) is 3.47. The summed E-state index contributed by atoms with van der Waals surface area (Å²) in [5.74, 6) is 0.0439. The maximum absolute atomic E-state index is 12.1. The molecule has 142 valence electrons. The van der Waals surface area contributed by atoms with Gasteiger partial charge in [-0.3, -0.25) is 4.79 Å². The van der Waals surface area contributed by atoms with E-state index >= 15 is 0 Å². The third-order valence-corrected chi connectivity index (χ3v) is 4.90. The van der Waals surface area contributed by atoms with Crippen LogP contribution in [0.1, 0.15) is 34.7 Å². The molecule has 6 heteroatoms. The van der Waals surface area contributed by atoms with Crippen LogP contribution in [0.4, 0.5) is 10.5 Å². The second-order valence-electron chi connectivity index (χ2n) is 6.88. The van der Waals surface area contributed by atoms with E-state index in [1.54, 1.807) is 24.3 Å². The van der Waals surface area contributed by atoms with Gasteiger partial charge in [0.15, 0.2) is 0 Å². The van der Waals surface area contributed by atoms with E-state index < -0.39 is 5.91 Å². The van der Waals surface area contributed by atoms with E-state index in [1.165, 1.54) is 18.4 Å². The Balaban J connectivity index is 1.43. The maximum atomic E-state index is 12.1. The highest BCUT2D eigenvalue weighted by atomic mass is 16.2. The highest BCUT2D eigenvalue weighted by molar-refractivity contribution is 5.95. The number of nitrogens with one attached hydrogen (secondary N) is 2. The summed E-state index contributed by atoms with van der Waals surface area (Å²) in [5, 5.41) is 5.61. The molecule has 2 aromatic rings. The number of carbonyl (C=O) groups is 2. The molecule has 27 heavy (non-hydrogen) atoms. The number of amides is 3. The molecule has 1 heterocycles. The highest BCUT2D eigenvalue weighted by Crippen LogP contribution is 2.26. The number of primary amides is 1. The molecule has 0 bridgehead atoms. The van der Waals surface area contributed by atoms with Crippen LogP contribution in [0.15, 0.2) is 54.6 Å². The van der Waals surface area contributed by atoms with Crippen molar-refractivity contribution in [3.05, 3.63) is 65.7 Å². The van der Waals surface area contributed by atoms with Crippen molar-refractivity contribution in [1.29, 1.82) is 0 Å². The van der Waals surface area contributed by atoms with Crippen LogP contribution in [0.3, 0.4) is 0 Å². The molecule has 1 saturated heterocycles. The molecular weight excluding hydrogens is 340 g/mol. The normalized spacial score (nSPS) is 17.3. The Bertz CT molecular complexity index is 779. The lowest BCUT2D eigenvalue weighted by Crippen LogP contribution is -2.41. The van der Waals surface area contributed by atoms with Crippen LogP contribution in [0.2, 0.25) is 0 Å². The van der Waals surface area contributed by atoms with Gasteiger partial charge in [0, 0.05) is 30.9 Å². The van der Waals surface area contributed by atoms with Crippen molar-refractivity contribution in [2.24, 2.45) is 5.73 Å². The van der Waals surface area contributed by atoms with Crippen molar-refractivity contribution >= 4 is 17.6 Å². The molecule has 0 unspecified atom stereocenters. The molecule has 1 aliphatic rings. The van der Waals surface area contributed by atoms with Crippen molar-refractivity contribution in [2.45, 2.75) is 18.8 Å². The zero-order valence-electron chi connectivity index (χ0n) is 15.4. The Kier molecular flexibility index (Phi) is 6.44. The van der Waals surface area contributed by atoms with Crippen molar-refractivity contribution < 1.29 is 9.59 Å². The molecule has 1 atom stereocenters. The van der Waals surface area contributed by atoms with E-state index in [0.29, 0.717) is 23.7 Å². The van der Waals surface area contributed by atoms with E-state index in [-0.39, 0.29) is 6.03 Å². The van der Waals surface area contributed by atoms with Gasteiger partial charge < -0.3 is 21.3 Å². The van der Waals surface area contributed by atoms with E-state index in [2.05, 4.69) is 39.8 Å². The van der Waals surface area contributed by atoms with Crippen LogP contribution < -0.4 is 16.4 Å². The first kappa shape index (κ1) is 18.9. The van der Waals surface area contributed by atoms with Crippen LogP contribution in [0.5, 0.6) is 0 Å². The number of carbonyl (C=O) groups excluding carboxylic acids is 2. The summed E-state index contributed by atoms with van der Waals surface area (Å²) in [5.41, 5.74) is 7.56. The van der Waals surface area contributed by atoms with Crippen molar-refractivity contribution in [2.75, 3.05) is 31.5 Å². The van der Waals surface area contributed by atoms with Gasteiger partial charge in [0.05, 0.1) is 0 Å². The van der Waals surface area contributed by atoms with Crippen LogP contribution in [-0.2, 0) is 0 Å². The van der Waals surface area contributed by atoms with Crippen molar-refractivity contribution in [3.8, 4) is 0 Å². The van der Waals surface area contributed by atoms with Gasteiger partial charge in [-0.15, -0.1) is 0 Å². The first-order valence-corrected chi connectivity index (χ1v) is 9.34. The predicted molar refractivity (Wildman–Crippen MR) is 107 cm³/mol. The number of urea groups is 1. The van der Waals surface area contributed by atoms with E-state index in [4.69, 9.17) is 5.73 Å².